The summed E-state index contributed by atoms with van der Waals surface area (Å²) in [5.74, 6) is 0.563. The summed E-state index contributed by atoms with van der Waals surface area (Å²) >= 11 is 1.48. The van der Waals surface area contributed by atoms with Gasteiger partial charge in [0, 0.05) is 18.5 Å². The van der Waals surface area contributed by atoms with Crippen LogP contribution >= 0.6 is 45.7 Å². The van der Waals surface area contributed by atoms with Crippen molar-refractivity contribution in [3.63, 3.8) is 0 Å². The first-order valence-corrected chi connectivity index (χ1v) is 9.80. The van der Waals surface area contributed by atoms with Crippen LogP contribution in [0.1, 0.15) is 19.3 Å². The summed E-state index contributed by atoms with van der Waals surface area (Å²) in [7, 11) is 1.58. The molecule has 1 saturated heterocycles. The fourth-order valence-corrected chi connectivity index (χ4v) is 3.82. The number of benzene rings is 1. The average Bonchev–Trinajstić information content (AvgIpc) is 2.65. The van der Waals surface area contributed by atoms with Gasteiger partial charge in [0.2, 0.25) is 0 Å². The van der Waals surface area contributed by atoms with E-state index in [-0.39, 0.29) is 64.3 Å². The summed E-state index contributed by atoms with van der Waals surface area (Å²) in [5, 5.41) is 13.6. The summed E-state index contributed by atoms with van der Waals surface area (Å²) < 4.78 is 6.65. The number of piperidine rings is 1. The number of carbonyl (C=O) groups is 1. The van der Waals surface area contributed by atoms with E-state index >= 15 is 0 Å². The van der Waals surface area contributed by atoms with Crippen LogP contribution in [-0.2, 0) is 11.3 Å². The molecule has 0 saturated carbocycles. The number of aliphatic hydroxyl groups is 1. The number of rotatable bonds is 6. The van der Waals surface area contributed by atoms with Crippen molar-refractivity contribution in [3.8, 4) is 5.75 Å². The van der Waals surface area contributed by atoms with Crippen molar-refractivity contribution in [2.24, 2.45) is 0 Å². The Morgan fingerprint density at radius 3 is 2.82 bits per heavy atom. The fraction of sp³-hybridized carbons (Fsp3) is 0.500. The van der Waals surface area contributed by atoms with E-state index in [0.29, 0.717) is 23.1 Å². The Bertz CT molecular complexity index is 878. The normalized spacial score (nSPS) is 18.8. The highest BCUT2D eigenvalue weighted by molar-refractivity contribution is 8.93. The van der Waals surface area contributed by atoms with Crippen molar-refractivity contribution in [1.82, 2.24) is 14.9 Å². The molecule has 156 valence electrons. The van der Waals surface area contributed by atoms with E-state index in [9.17, 15) is 14.7 Å². The molecule has 1 aromatic heterocycles. The molecule has 7 nitrogen and oxygen atoms in total. The fourth-order valence-electron chi connectivity index (χ4n) is 3.24. The smallest absolute Gasteiger partial charge is 0.261 e. The van der Waals surface area contributed by atoms with Crippen LogP contribution in [0.5, 0.6) is 5.75 Å². The highest BCUT2D eigenvalue weighted by Crippen LogP contribution is 2.30. The predicted molar refractivity (Wildman–Crippen MR) is 122 cm³/mol. The van der Waals surface area contributed by atoms with E-state index in [2.05, 4.69) is 10.3 Å². The van der Waals surface area contributed by atoms with Gasteiger partial charge in [-0.15, -0.1) is 45.7 Å². The zero-order valence-electron chi connectivity index (χ0n) is 15.7. The maximum Gasteiger partial charge on any atom is 0.261 e. The lowest BCUT2D eigenvalue weighted by Gasteiger charge is -2.28. The molecule has 0 radical (unpaired) electrons. The third-order valence-corrected chi connectivity index (χ3v) is 5.43. The number of aliphatic hydroxyl groups excluding tert-OH is 1. The highest BCUT2D eigenvalue weighted by atomic mass is 79.9. The number of hydrogen-bond donors (Lipinski definition) is 2. The predicted octanol–water partition coefficient (Wildman–Crippen LogP) is 2.35. The van der Waals surface area contributed by atoms with Gasteiger partial charge in [0.25, 0.3) is 5.56 Å². The van der Waals surface area contributed by atoms with Crippen LogP contribution < -0.4 is 15.6 Å². The van der Waals surface area contributed by atoms with E-state index in [0.717, 1.165) is 17.9 Å². The van der Waals surface area contributed by atoms with Gasteiger partial charge in [-0.1, -0.05) is 0 Å². The lowest BCUT2D eigenvalue weighted by Crippen LogP contribution is -2.46. The van der Waals surface area contributed by atoms with Crippen molar-refractivity contribution in [1.29, 1.82) is 0 Å². The minimum Gasteiger partial charge on any atom is -0.496 e. The molecule has 2 aromatic rings. The quantitative estimate of drug-likeness (QED) is 0.545. The van der Waals surface area contributed by atoms with E-state index in [1.807, 2.05) is 6.26 Å². The van der Waals surface area contributed by atoms with Gasteiger partial charge in [-0.05, 0) is 31.7 Å². The summed E-state index contributed by atoms with van der Waals surface area (Å²) in [4.78, 5) is 30.3. The minimum atomic E-state index is -0.518. The molecular weight excluding hydrogens is 514 g/mol. The number of halogens is 2. The van der Waals surface area contributed by atoms with Gasteiger partial charge in [-0.25, -0.2) is 4.98 Å². The zero-order chi connectivity index (χ0) is 18.7. The number of ether oxygens (including phenoxy) is 1. The second-order valence-corrected chi connectivity index (χ2v) is 7.26. The molecule has 2 N–H and O–H groups in total. The van der Waals surface area contributed by atoms with Crippen molar-refractivity contribution in [2.75, 3.05) is 19.9 Å². The van der Waals surface area contributed by atoms with Gasteiger partial charge in [0.1, 0.15) is 5.75 Å². The van der Waals surface area contributed by atoms with E-state index in [4.69, 9.17) is 4.74 Å². The van der Waals surface area contributed by atoms with Crippen LogP contribution in [0.25, 0.3) is 10.9 Å². The number of aromatic nitrogens is 2. The molecule has 0 spiro atoms. The van der Waals surface area contributed by atoms with Gasteiger partial charge in [-0.2, -0.15) is 0 Å². The van der Waals surface area contributed by atoms with Crippen molar-refractivity contribution in [2.45, 2.75) is 42.8 Å². The summed E-state index contributed by atoms with van der Waals surface area (Å²) in [6.07, 6.45) is 4.58. The molecule has 1 aromatic carbocycles. The second kappa shape index (κ2) is 11.3. The molecular formula is C18H25Br2N3O4S. The lowest BCUT2D eigenvalue weighted by atomic mass is 9.97. The van der Waals surface area contributed by atoms with Crippen LogP contribution in [0.4, 0.5) is 0 Å². The van der Waals surface area contributed by atoms with Crippen LogP contribution in [0.15, 0.2) is 28.2 Å². The second-order valence-electron chi connectivity index (χ2n) is 6.41. The molecule has 2 heterocycles. The SMILES string of the molecule is Br.Br.COc1cc2ncn(CC(=O)C[C@H]3NCCC[C@@H]3O)c(=O)c2cc1SC. The minimum absolute atomic E-state index is 0. The monoisotopic (exact) mass is 537 g/mol. The Kier molecular flexibility index (Phi) is 10.1. The number of methoxy groups -OCH3 is 1. The molecule has 1 aliphatic heterocycles. The van der Waals surface area contributed by atoms with Gasteiger partial charge in [-0.3, -0.25) is 14.2 Å². The van der Waals surface area contributed by atoms with Crippen LogP contribution in [0.3, 0.4) is 0 Å². The Balaban J connectivity index is 0.00000196. The van der Waals surface area contributed by atoms with Crippen molar-refractivity contribution < 1.29 is 14.6 Å². The summed E-state index contributed by atoms with van der Waals surface area (Å²) in [5.41, 5.74) is 0.288. The van der Waals surface area contributed by atoms with Gasteiger partial charge >= 0.3 is 0 Å². The number of thioether (sulfide) groups is 1. The highest BCUT2D eigenvalue weighted by Gasteiger charge is 2.25. The third kappa shape index (κ3) is 5.56. The lowest BCUT2D eigenvalue weighted by molar-refractivity contribution is -0.121. The maximum atomic E-state index is 12.7. The third-order valence-electron chi connectivity index (χ3n) is 4.67. The Labute approximate surface area is 188 Å². The topological polar surface area (TPSA) is 93.5 Å². The molecule has 10 heteroatoms. The van der Waals surface area contributed by atoms with Crippen molar-refractivity contribution >= 4 is 62.4 Å². The van der Waals surface area contributed by atoms with E-state index < -0.39 is 6.10 Å². The first kappa shape index (κ1) is 25.1. The number of carbonyl (C=O) groups excluding carboxylic acids is 1. The van der Waals surface area contributed by atoms with Crippen LogP contribution in [-0.4, -0.2) is 52.5 Å². The Hall–Kier alpha value is -0.940. The first-order chi connectivity index (χ1) is 12.5. The number of hydrogen-bond acceptors (Lipinski definition) is 7. The number of nitrogens with zero attached hydrogens (tertiary/aromatic N) is 2. The van der Waals surface area contributed by atoms with Gasteiger partial charge in [0.05, 0.1) is 41.9 Å². The number of ketones is 1. The van der Waals surface area contributed by atoms with E-state index in [1.165, 1.54) is 22.7 Å². The molecule has 0 bridgehead atoms. The van der Waals surface area contributed by atoms with E-state index in [1.54, 1.807) is 19.2 Å². The summed E-state index contributed by atoms with van der Waals surface area (Å²) in [6, 6.07) is 3.24. The zero-order valence-corrected chi connectivity index (χ0v) is 20.0. The molecule has 0 amide bonds. The average molecular weight is 539 g/mol. The first-order valence-electron chi connectivity index (χ1n) is 8.57. The number of fused-ring (bicyclic) bond motifs is 1. The molecule has 0 aliphatic carbocycles. The Morgan fingerprint density at radius 2 is 2.18 bits per heavy atom. The molecule has 3 rings (SSSR count). The molecule has 0 unspecified atom stereocenters. The van der Waals surface area contributed by atoms with Crippen LogP contribution in [0.2, 0.25) is 0 Å². The van der Waals surface area contributed by atoms with Gasteiger partial charge < -0.3 is 15.2 Å². The summed E-state index contributed by atoms with van der Waals surface area (Å²) in [6.45, 7) is 0.749. The molecule has 28 heavy (non-hydrogen) atoms. The maximum absolute atomic E-state index is 12.7. The van der Waals surface area contributed by atoms with Crippen LogP contribution in [0, 0.1) is 0 Å². The molecule has 2 atom stereocenters. The van der Waals surface area contributed by atoms with Gasteiger partial charge in [0.15, 0.2) is 5.78 Å². The molecule has 1 aliphatic rings. The number of Topliss-reactive ketones (excluding diaryl/α,β-unsaturated/α-hetero) is 1. The number of nitrogens with one attached hydrogen (secondary N) is 1. The molecule has 1 fully saturated rings. The Morgan fingerprint density at radius 1 is 1.43 bits per heavy atom. The van der Waals surface area contributed by atoms with Crippen molar-refractivity contribution in [3.05, 3.63) is 28.8 Å². The largest absolute Gasteiger partial charge is 0.496 e. The standard InChI is InChI=1S/C18H23N3O4S.2BrH/c1-25-16-8-13-12(7-17(16)26-2)18(24)21(10-20-13)9-11(22)6-14-15(23)4-3-5-19-14;;/h7-8,10,14-15,19,23H,3-6,9H2,1-2H3;2*1H/t14-,15+;;/m1../s1.